The van der Waals surface area contributed by atoms with E-state index in [4.69, 9.17) is 11.6 Å². The van der Waals surface area contributed by atoms with Crippen LogP contribution >= 0.6 is 11.6 Å². The van der Waals surface area contributed by atoms with E-state index >= 15 is 0 Å². The van der Waals surface area contributed by atoms with Crippen LogP contribution in [0.1, 0.15) is 37.4 Å². The van der Waals surface area contributed by atoms with Crippen molar-refractivity contribution in [3.8, 4) is 0 Å². The van der Waals surface area contributed by atoms with E-state index in [9.17, 15) is 13.8 Å². The molecule has 0 radical (unpaired) electrons. The van der Waals surface area contributed by atoms with E-state index < -0.39 is 15.6 Å². The molecule has 1 aliphatic carbocycles. The van der Waals surface area contributed by atoms with Gasteiger partial charge in [-0.15, -0.1) is 0 Å². The van der Waals surface area contributed by atoms with Crippen LogP contribution in [0, 0.1) is 0 Å². The predicted octanol–water partition coefficient (Wildman–Crippen LogP) is 4.30. The first-order chi connectivity index (χ1) is 15.7. The number of carbonyl (C=O) groups excluding carboxylic acids is 2. The van der Waals surface area contributed by atoms with Gasteiger partial charge in [0.05, 0.1) is 33.6 Å². The van der Waals surface area contributed by atoms with Crippen LogP contribution in [-0.2, 0) is 37.8 Å². The van der Waals surface area contributed by atoms with Crippen LogP contribution in [0.25, 0.3) is 10.9 Å². The summed E-state index contributed by atoms with van der Waals surface area (Å²) in [5.74, 6) is 0.0351. The second-order valence-corrected chi connectivity index (χ2v) is 11.9. The van der Waals surface area contributed by atoms with Crippen molar-refractivity contribution >= 4 is 49.7 Å². The molecule has 172 valence electrons. The van der Waals surface area contributed by atoms with Gasteiger partial charge in [-0.25, -0.2) is 4.21 Å². The molecule has 1 aromatic carbocycles. The highest BCUT2D eigenvalue weighted by Crippen LogP contribution is 2.57. The standard InChI is InChI=1S/C24H25ClN4O3S/c1-16(30)27-33(2,32)11-3-10-28-19(13-17-12-18(25)4-5-21(17)28)15-29-22-14-26-9-6-20(22)24(7-8-24)23(29)31/h4-6,9,12-14H,3,7-8,10-11,15H2,1-2H3. The maximum atomic E-state index is 13.4. The first kappa shape index (κ1) is 22.1. The van der Waals surface area contributed by atoms with E-state index in [0.29, 0.717) is 30.3 Å². The molecule has 2 amide bonds. The molecule has 2 aromatic heterocycles. The van der Waals surface area contributed by atoms with Crippen LogP contribution in [0.15, 0.2) is 47.1 Å². The van der Waals surface area contributed by atoms with Gasteiger partial charge in [-0.05, 0) is 55.2 Å². The minimum Gasteiger partial charge on any atom is -0.343 e. The van der Waals surface area contributed by atoms with Crippen molar-refractivity contribution in [2.24, 2.45) is 4.36 Å². The molecule has 1 spiro atoms. The lowest BCUT2D eigenvalue weighted by molar-refractivity contribution is -0.120. The third-order valence-electron chi connectivity index (χ3n) is 6.51. The fraction of sp³-hybridized carbons (Fsp3) is 0.375. The number of rotatable bonds is 6. The Kier molecular flexibility index (Phi) is 5.33. The average Bonchev–Trinajstić information content (AvgIpc) is 3.44. The number of hydrogen-bond acceptors (Lipinski definition) is 4. The number of hydrogen-bond donors (Lipinski definition) is 0. The minimum absolute atomic E-state index is 0.136. The number of aromatic nitrogens is 2. The second-order valence-electron chi connectivity index (χ2n) is 8.98. The highest BCUT2D eigenvalue weighted by atomic mass is 35.5. The molecular formula is C24H25ClN4O3S. The third kappa shape index (κ3) is 3.95. The first-order valence-electron chi connectivity index (χ1n) is 10.9. The van der Waals surface area contributed by atoms with Crippen LogP contribution in [0.3, 0.4) is 0 Å². The van der Waals surface area contributed by atoms with E-state index in [0.717, 1.165) is 40.7 Å². The molecule has 0 saturated heterocycles. The van der Waals surface area contributed by atoms with Crippen molar-refractivity contribution in [3.63, 3.8) is 0 Å². The molecule has 1 unspecified atom stereocenters. The fourth-order valence-corrected chi connectivity index (χ4v) is 6.40. The summed E-state index contributed by atoms with van der Waals surface area (Å²) in [6.07, 6.45) is 7.39. The zero-order chi connectivity index (χ0) is 23.4. The van der Waals surface area contributed by atoms with Crippen molar-refractivity contribution in [3.05, 3.63) is 59.0 Å². The number of amides is 2. The lowest BCUT2D eigenvalue weighted by atomic mass is 9.99. The molecular weight excluding hydrogens is 460 g/mol. The number of anilines is 1. The molecule has 7 nitrogen and oxygen atoms in total. The van der Waals surface area contributed by atoms with Crippen molar-refractivity contribution in [1.82, 2.24) is 9.55 Å². The topological polar surface area (TPSA) is 84.6 Å². The van der Waals surface area contributed by atoms with Crippen LogP contribution in [-0.4, -0.2) is 37.6 Å². The Balaban J connectivity index is 1.48. The summed E-state index contributed by atoms with van der Waals surface area (Å²) in [7, 11) is -2.57. The number of benzene rings is 1. The molecule has 0 N–H and O–H groups in total. The summed E-state index contributed by atoms with van der Waals surface area (Å²) in [5.41, 5.74) is 3.55. The van der Waals surface area contributed by atoms with Crippen LogP contribution in [0.2, 0.25) is 5.02 Å². The molecule has 1 saturated carbocycles. The van der Waals surface area contributed by atoms with Crippen LogP contribution < -0.4 is 4.90 Å². The average molecular weight is 485 g/mol. The van der Waals surface area contributed by atoms with E-state index in [1.54, 1.807) is 12.4 Å². The molecule has 1 fully saturated rings. The smallest absolute Gasteiger partial charge is 0.250 e. The van der Waals surface area contributed by atoms with Crippen LogP contribution in [0.5, 0.6) is 0 Å². The van der Waals surface area contributed by atoms with Gasteiger partial charge in [0.15, 0.2) is 0 Å². The van der Waals surface area contributed by atoms with Gasteiger partial charge in [0, 0.05) is 53.3 Å². The Morgan fingerprint density at radius 3 is 2.79 bits per heavy atom. The minimum atomic E-state index is -2.57. The second kappa shape index (κ2) is 7.95. The number of pyridine rings is 1. The van der Waals surface area contributed by atoms with E-state index in [1.165, 1.54) is 13.2 Å². The lowest BCUT2D eigenvalue weighted by Gasteiger charge is -2.20. The molecule has 0 bridgehead atoms. The molecule has 1 atom stereocenters. The van der Waals surface area contributed by atoms with Gasteiger partial charge in [0.1, 0.15) is 0 Å². The van der Waals surface area contributed by atoms with Gasteiger partial charge in [-0.2, -0.15) is 4.36 Å². The summed E-state index contributed by atoms with van der Waals surface area (Å²) in [6, 6.07) is 9.75. The Labute approximate surface area is 197 Å². The molecule has 1 aliphatic heterocycles. The van der Waals surface area contributed by atoms with Gasteiger partial charge >= 0.3 is 0 Å². The fourth-order valence-electron chi connectivity index (χ4n) is 4.92. The van der Waals surface area contributed by atoms with E-state index in [-0.39, 0.29) is 11.3 Å². The monoisotopic (exact) mass is 484 g/mol. The summed E-state index contributed by atoms with van der Waals surface area (Å²) in [6.45, 7) is 2.33. The highest BCUT2D eigenvalue weighted by Gasteiger charge is 2.59. The van der Waals surface area contributed by atoms with Gasteiger partial charge in [-0.3, -0.25) is 14.6 Å². The van der Waals surface area contributed by atoms with Gasteiger partial charge in [-0.1, -0.05) is 11.6 Å². The Hall–Kier alpha value is -2.71. The van der Waals surface area contributed by atoms with Crippen molar-refractivity contribution in [2.45, 2.75) is 44.7 Å². The zero-order valence-electron chi connectivity index (χ0n) is 18.6. The summed E-state index contributed by atoms with van der Waals surface area (Å²) in [5, 5.41) is 1.63. The molecule has 3 aromatic rings. The van der Waals surface area contributed by atoms with E-state index in [2.05, 4.69) is 20.0 Å². The molecule has 33 heavy (non-hydrogen) atoms. The Morgan fingerprint density at radius 2 is 2.06 bits per heavy atom. The predicted molar refractivity (Wildman–Crippen MR) is 130 cm³/mol. The quantitative estimate of drug-likeness (QED) is 0.522. The highest BCUT2D eigenvalue weighted by molar-refractivity contribution is 7.93. The molecule has 5 rings (SSSR count). The first-order valence-corrected chi connectivity index (χ1v) is 13.4. The summed E-state index contributed by atoms with van der Waals surface area (Å²) >= 11 is 6.23. The van der Waals surface area contributed by atoms with Crippen molar-refractivity contribution < 1.29 is 13.8 Å². The van der Waals surface area contributed by atoms with E-state index in [1.807, 2.05) is 29.2 Å². The van der Waals surface area contributed by atoms with Gasteiger partial charge in [0.25, 0.3) is 5.91 Å². The normalized spacial score (nSPS) is 17.9. The molecule has 3 heterocycles. The molecule has 2 aliphatic rings. The third-order valence-corrected chi connectivity index (χ3v) is 8.43. The largest absolute Gasteiger partial charge is 0.343 e. The number of fused-ring (bicyclic) bond motifs is 3. The van der Waals surface area contributed by atoms with Gasteiger partial charge < -0.3 is 9.47 Å². The van der Waals surface area contributed by atoms with Crippen molar-refractivity contribution in [2.75, 3.05) is 16.9 Å². The Morgan fingerprint density at radius 1 is 1.27 bits per heavy atom. The lowest BCUT2D eigenvalue weighted by Crippen LogP contribution is -2.32. The number of aryl methyl sites for hydroxylation is 1. The van der Waals surface area contributed by atoms with Crippen molar-refractivity contribution in [1.29, 1.82) is 0 Å². The zero-order valence-corrected chi connectivity index (χ0v) is 20.2. The maximum Gasteiger partial charge on any atom is 0.250 e. The number of nitrogens with zero attached hydrogens (tertiary/aromatic N) is 4. The SMILES string of the molecule is CC(=O)N=S(C)(=O)CCCn1c(CN2C(=O)C3(CC3)c3ccncc32)cc2cc(Cl)ccc21. The molecule has 9 heteroatoms. The van der Waals surface area contributed by atoms with Crippen LogP contribution in [0.4, 0.5) is 5.69 Å². The maximum absolute atomic E-state index is 13.4. The summed E-state index contributed by atoms with van der Waals surface area (Å²) in [4.78, 5) is 30.8. The number of carbonyl (C=O) groups is 2. The number of halogens is 1. The van der Waals surface area contributed by atoms with Gasteiger partial charge in [0.2, 0.25) is 5.91 Å². The summed E-state index contributed by atoms with van der Waals surface area (Å²) < 4.78 is 18.5. The Bertz CT molecular complexity index is 1420.